The number of thioether (sulfide) groups is 1. The van der Waals surface area contributed by atoms with Crippen molar-refractivity contribution in [2.75, 3.05) is 11.5 Å². The van der Waals surface area contributed by atoms with Crippen molar-refractivity contribution in [3.63, 3.8) is 0 Å². The third-order valence-electron chi connectivity index (χ3n) is 2.54. The van der Waals surface area contributed by atoms with Crippen molar-refractivity contribution >= 4 is 17.5 Å². The minimum Gasteiger partial charge on any atom is -0.293 e. The van der Waals surface area contributed by atoms with Gasteiger partial charge in [-0.15, -0.1) is 0 Å². The Kier molecular flexibility index (Phi) is 5.07. The summed E-state index contributed by atoms with van der Waals surface area (Å²) >= 11 is 1.73. The Morgan fingerprint density at radius 1 is 1.19 bits per heavy atom. The molecule has 0 radical (unpaired) electrons. The minimum atomic E-state index is 0.272. The van der Waals surface area contributed by atoms with Gasteiger partial charge in [-0.3, -0.25) is 4.79 Å². The highest BCUT2D eigenvalue weighted by Crippen LogP contribution is 2.18. The van der Waals surface area contributed by atoms with E-state index in [2.05, 4.69) is 26.0 Å². The number of rotatable bonds is 5. The van der Waals surface area contributed by atoms with E-state index in [9.17, 15) is 4.79 Å². The number of hydrogen-bond acceptors (Lipinski definition) is 2. The Morgan fingerprint density at radius 3 is 2.25 bits per heavy atom. The molecule has 0 atom stereocenters. The van der Waals surface area contributed by atoms with E-state index >= 15 is 0 Å². The van der Waals surface area contributed by atoms with E-state index in [1.54, 1.807) is 11.8 Å². The molecule has 0 N–H and O–H groups in total. The van der Waals surface area contributed by atoms with Gasteiger partial charge in [-0.05, 0) is 44.1 Å². The maximum Gasteiger partial charge on any atom is 0.173 e. The molecule has 16 heavy (non-hydrogen) atoms. The fourth-order valence-corrected chi connectivity index (χ4v) is 2.76. The van der Waals surface area contributed by atoms with Crippen LogP contribution in [0.1, 0.15) is 40.4 Å². The maximum atomic E-state index is 12.1. The van der Waals surface area contributed by atoms with Gasteiger partial charge in [0.2, 0.25) is 0 Å². The lowest BCUT2D eigenvalue weighted by Crippen LogP contribution is -2.08. The lowest BCUT2D eigenvalue weighted by molar-refractivity contribution is 0.102. The SMILES string of the molecule is CCCSCC(=O)c1c(C)cc(C)cc1C. The van der Waals surface area contributed by atoms with Gasteiger partial charge < -0.3 is 0 Å². The zero-order valence-corrected chi connectivity index (χ0v) is 11.4. The second-order valence-corrected chi connectivity index (χ2v) is 5.35. The molecule has 2 heteroatoms. The first-order chi connectivity index (χ1) is 7.56. The second-order valence-electron chi connectivity index (χ2n) is 4.25. The molecule has 0 saturated carbocycles. The van der Waals surface area contributed by atoms with E-state index in [0.717, 1.165) is 28.9 Å². The monoisotopic (exact) mass is 236 g/mol. The fourth-order valence-electron chi connectivity index (χ4n) is 2.00. The number of aryl methyl sites for hydroxylation is 3. The average Bonchev–Trinajstić information content (AvgIpc) is 2.16. The molecule has 1 aromatic carbocycles. The van der Waals surface area contributed by atoms with Crippen LogP contribution in [0.15, 0.2) is 12.1 Å². The van der Waals surface area contributed by atoms with E-state index in [4.69, 9.17) is 0 Å². The van der Waals surface area contributed by atoms with E-state index < -0.39 is 0 Å². The molecule has 1 nitrogen and oxygen atoms in total. The van der Waals surface area contributed by atoms with Gasteiger partial charge in [-0.25, -0.2) is 0 Å². The molecule has 0 aliphatic rings. The van der Waals surface area contributed by atoms with E-state index in [1.807, 2.05) is 13.8 Å². The van der Waals surface area contributed by atoms with Crippen LogP contribution < -0.4 is 0 Å². The summed E-state index contributed by atoms with van der Waals surface area (Å²) in [6, 6.07) is 4.18. The first kappa shape index (κ1) is 13.3. The van der Waals surface area contributed by atoms with Gasteiger partial charge in [-0.2, -0.15) is 11.8 Å². The summed E-state index contributed by atoms with van der Waals surface area (Å²) in [5.74, 6) is 1.95. The number of carbonyl (C=O) groups excluding carboxylic acids is 1. The van der Waals surface area contributed by atoms with Gasteiger partial charge >= 0.3 is 0 Å². The van der Waals surface area contributed by atoms with Crippen LogP contribution in [0.5, 0.6) is 0 Å². The van der Waals surface area contributed by atoms with Crippen LogP contribution in [0.25, 0.3) is 0 Å². The minimum absolute atomic E-state index is 0.272. The largest absolute Gasteiger partial charge is 0.293 e. The molecular weight excluding hydrogens is 216 g/mol. The summed E-state index contributed by atoms with van der Waals surface area (Å²) in [5, 5.41) is 0. The molecule has 0 unspecified atom stereocenters. The zero-order valence-electron chi connectivity index (χ0n) is 10.6. The predicted octanol–water partition coefficient (Wildman–Crippen LogP) is 3.94. The molecule has 0 saturated heterocycles. The van der Waals surface area contributed by atoms with Crippen molar-refractivity contribution in [3.8, 4) is 0 Å². The maximum absolute atomic E-state index is 12.1. The van der Waals surface area contributed by atoms with Gasteiger partial charge in [0, 0.05) is 5.56 Å². The smallest absolute Gasteiger partial charge is 0.173 e. The van der Waals surface area contributed by atoms with Crippen LogP contribution in [-0.2, 0) is 0 Å². The van der Waals surface area contributed by atoms with Crippen LogP contribution in [0, 0.1) is 20.8 Å². The van der Waals surface area contributed by atoms with Crippen molar-refractivity contribution < 1.29 is 4.79 Å². The fraction of sp³-hybridized carbons (Fsp3) is 0.500. The van der Waals surface area contributed by atoms with Gasteiger partial charge in [0.1, 0.15) is 0 Å². The van der Waals surface area contributed by atoms with Crippen molar-refractivity contribution in [2.24, 2.45) is 0 Å². The van der Waals surface area contributed by atoms with Gasteiger partial charge in [-0.1, -0.05) is 24.6 Å². The van der Waals surface area contributed by atoms with Crippen LogP contribution in [0.2, 0.25) is 0 Å². The third-order valence-corrected chi connectivity index (χ3v) is 3.70. The van der Waals surface area contributed by atoms with E-state index in [-0.39, 0.29) is 5.78 Å². The zero-order chi connectivity index (χ0) is 12.1. The Bertz CT molecular complexity index is 359. The quantitative estimate of drug-likeness (QED) is 0.569. The Balaban J connectivity index is 2.83. The van der Waals surface area contributed by atoms with Crippen LogP contribution >= 0.6 is 11.8 Å². The number of ketones is 1. The normalized spacial score (nSPS) is 10.5. The molecule has 0 spiro atoms. The Labute approximate surface area is 103 Å². The summed E-state index contributed by atoms with van der Waals surface area (Å²) in [5.41, 5.74) is 4.38. The van der Waals surface area contributed by atoms with E-state index in [1.165, 1.54) is 5.56 Å². The molecule has 0 amide bonds. The first-order valence-electron chi connectivity index (χ1n) is 5.75. The number of benzene rings is 1. The molecule has 1 aromatic rings. The predicted molar refractivity (Wildman–Crippen MR) is 72.6 cm³/mol. The van der Waals surface area contributed by atoms with E-state index in [0.29, 0.717) is 5.75 Å². The van der Waals surface area contributed by atoms with Crippen molar-refractivity contribution in [1.82, 2.24) is 0 Å². The summed E-state index contributed by atoms with van der Waals surface area (Å²) in [6.45, 7) is 8.26. The molecule has 0 aliphatic carbocycles. The van der Waals surface area contributed by atoms with Crippen molar-refractivity contribution in [3.05, 3.63) is 34.4 Å². The molecule has 0 heterocycles. The number of hydrogen-bond donors (Lipinski definition) is 0. The highest BCUT2D eigenvalue weighted by Gasteiger charge is 2.12. The molecule has 0 aliphatic heterocycles. The lowest BCUT2D eigenvalue weighted by atomic mass is 9.97. The van der Waals surface area contributed by atoms with Crippen LogP contribution in [0.3, 0.4) is 0 Å². The summed E-state index contributed by atoms with van der Waals surface area (Å²) in [6.07, 6.45) is 1.13. The molecule has 0 fully saturated rings. The summed E-state index contributed by atoms with van der Waals surface area (Å²) < 4.78 is 0. The first-order valence-corrected chi connectivity index (χ1v) is 6.90. The molecule has 88 valence electrons. The standard InChI is InChI=1S/C14H20OS/c1-5-6-16-9-13(15)14-11(3)7-10(2)8-12(14)4/h7-8H,5-6,9H2,1-4H3. The summed E-state index contributed by atoms with van der Waals surface area (Å²) in [4.78, 5) is 12.1. The van der Waals surface area contributed by atoms with Crippen LogP contribution in [0.4, 0.5) is 0 Å². The molecule has 0 aromatic heterocycles. The molecular formula is C14H20OS. The summed E-state index contributed by atoms with van der Waals surface area (Å²) in [7, 11) is 0. The highest BCUT2D eigenvalue weighted by atomic mass is 32.2. The van der Waals surface area contributed by atoms with Gasteiger partial charge in [0.05, 0.1) is 5.75 Å². The lowest BCUT2D eigenvalue weighted by Gasteiger charge is -2.09. The average molecular weight is 236 g/mol. The van der Waals surface area contributed by atoms with Crippen molar-refractivity contribution in [1.29, 1.82) is 0 Å². The number of Topliss-reactive ketones (excluding diaryl/α,β-unsaturated/α-hetero) is 1. The topological polar surface area (TPSA) is 17.1 Å². The Hall–Kier alpha value is -0.760. The van der Waals surface area contributed by atoms with Crippen LogP contribution in [-0.4, -0.2) is 17.3 Å². The highest BCUT2D eigenvalue weighted by molar-refractivity contribution is 7.99. The second kappa shape index (κ2) is 6.09. The van der Waals surface area contributed by atoms with Gasteiger partial charge in [0.15, 0.2) is 5.78 Å². The van der Waals surface area contributed by atoms with Gasteiger partial charge in [0.25, 0.3) is 0 Å². The molecule has 1 rings (SSSR count). The molecule has 0 bridgehead atoms. The van der Waals surface area contributed by atoms with Crippen molar-refractivity contribution in [2.45, 2.75) is 34.1 Å². The number of carbonyl (C=O) groups is 1. The third kappa shape index (κ3) is 3.38. The Morgan fingerprint density at radius 2 is 1.75 bits per heavy atom.